The lowest BCUT2D eigenvalue weighted by molar-refractivity contribution is -0.137. The van der Waals surface area contributed by atoms with Crippen molar-refractivity contribution in [1.29, 1.82) is 0 Å². The molecule has 0 aliphatic carbocycles. The first-order valence-corrected chi connectivity index (χ1v) is 10.3. The molecule has 29 heavy (non-hydrogen) atoms. The van der Waals surface area contributed by atoms with Crippen LogP contribution in [0, 0.1) is 0 Å². The second kappa shape index (κ2) is 19.0. The number of hydrogen-bond donors (Lipinski definition) is 1. The van der Waals surface area contributed by atoms with Gasteiger partial charge in [0.1, 0.15) is 5.76 Å². The van der Waals surface area contributed by atoms with Crippen LogP contribution in [-0.2, 0) is 23.9 Å². The van der Waals surface area contributed by atoms with E-state index in [9.17, 15) is 14.4 Å². The molecule has 0 spiro atoms. The highest BCUT2D eigenvalue weighted by Crippen LogP contribution is 2.19. The molecule has 0 unspecified atom stereocenters. The van der Waals surface area contributed by atoms with E-state index in [0.717, 1.165) is 31.8 Å². The van der Waals surface area contributed by atoms with Gasteiger partial charge < -0.3 is 14.6 Å². The van der Waals surface area contributed by atoms with E-state index in [4.69, 9.17) is 14.6 Å². The normalized spacial score (nSPS) is 10.8. The molecule has 0 aromatic carbocycles. The number of ether oxygens (including phenoxy) is 2. The summed E-state index contributed by atoms with van der Waals surface area (Å²) in [6.07, 6.45) is 10.8. The molecule has 0 aliphatic rings. The van der Waals surface area contributed by atoms with E-state index in [1.807, 2.05) is 6.92 Å². The summed E-state index contributed by atoms with van der Waals surface area (Å²) in [7, 11) is 1.32. The summed E-state index contributed by atoms with van der Waals surface area (Å²) >= 11 is 0. The molecule has 0 aromatic rings. The highest BCUT2D eigenvalue weighted by atomic mass is 16.5. The number of aliphatic carboxylic acids is 1. The molecule has 6 heteroatoms. The van der Waals surface area contributed by atoms with Gasteiger partial charge in [0, 0.05) is 18.1 Å². The quantitative estimate of drug-likeness (QED) is 0.170. The first kappa shape index (κ1) is 28.8. The van der Waals surface area contributed by atoms with Gasteiger partial charge in [0.05, 0.1) is 12.7 Å². The van der Waals surface area contributed by atoms with Crippen LogP contribution in [0.3, 0.4) is 0 Å². The van der Waals surface area contributed by atoms with Crippen LogP contribution in [0.5, 0.6) is 0 Å². The zero-order chi connectivity index (χ0) is 22.7. The Morgan fingerprint density at radius 2 is 1.41 bits per heavy atom. The van der Waals surface area contributed by atoms with Gasteiger partial charge in [-0.05, 0) is 26.2 Å². The Hall–Kier alpha value is -2.37. The van der Waals surface area contributed by atoms with E-state index >= 15 is 0 Å². The van der Waals surface area contributed by atoms with Gasteiger partial charge in [0.15, 0.2) is 0 Å². The van der Waals surface area contributed by atoms with E-state index in [0.29, 0.717) is 29.7 Å². The summed E-state index contributed by atoms with van der Waals surface area (Å²) in [5.74, 6) is -1.48. The SMILES string of the molecule is C=C(CCCCCCCC)C(=O)OC(CCCC)=C(C)C(=O)OC.C=CC(=O)O. The fraction of sp³-hybridized carbons (Fsp3) is 0.609. The van der Waals surface area contributed by atoms with E-state index in [1.165, 1.54) is 32.8 Å². The Bertz CT molecular complexity index is 560. The monoisotopic (exact) mass is 410 g/mol. The van der Waals surface area contributed by atoms with Crippen LogP contribution in [-0.4, -0.2) is 30.1 Å². The Morgan fingerprint density at radius 3 is 1.90 bits per heavy atom. The second-order valence-electron chi connectivity index (χ2n) is 6.70. The molecule has 0 aliphatic heterocycles. The number of carboxylic acids is 1. The van der Waals surface area contributed by atoms with Crippen LogP contribution in [0.15, 0.2) is 36.1 Å². The topological polar surface area (TPSA) is 89.9 Å². The highest BCUT2D eigenvalue weighted by Gasteiger charge is 2.17. The molecule has 0 aromatic heterocycles. The molecule has 0 atom stereocenters. The number of carbonyl (C=O) groups is 3. The fourth-order valence-corrected chi connectivity index (χ4v) is 2.32. The second-order valence-corrected chi connectivity index (χ2v) is 6.70. The minimum absolute atomic E-state index is 0.353. The third-order valence-electron chi connectivity index (χ3n) is 4.18. The molecule has 0 fully saturated rings. The molecule has 0 saturated carbocycles. The number of hydrogen-bond acceptors (Lipinski definition) is 5. The minimum Gasteiger partial charge on any atom is -0.478 e. The smallest absolute Gasteiger partial charge is 0.338 e. The summed E-state index contributed by atoms with van der Waals surface area (Å²) in [6.45, 7) is 12.7. The average molecular weight is 411 g/mol. The van der Waals surface area contributed by atoms with E-state index in [-0.39, 0.29) is 0 Å². The van der Waals surface area contributed by atoms with Gasteiger partial charge in [-0.15, -0.1) is 0 Å². The summed E-state index contributed by atoms with van der Waals surface area (Å²) in [6, 6.07) is 0. The lowest BCUT2D eigenvalue weighted by Crippen LogP contribution is -2.12. The minimum atomic E-state index is -0.981. The first-order chi connectivity index (χ1) is 13.7. The maximum absolute atomic E-state index is 12.2. The van der Waals surface area contributed by atoms with Crippen molar-refractivity contribution in [3.63, 3.8) is 0 Å². The van der Waals surface area contributed by atoms with Crippen molar-refractivity contribution in [3.05, 3.63) is 36.1 Å². The molecule has 0 radical (unpaired) electrons. The first-order valence-electron chi connectivity index (χ1n) is 10.3. The van der Waals surface area contributed by atoms with Gasteiger partial charge in [-0.3, -0.25) is 0 Å². The van der Waals surface area contributed by atoms with Crippen LogP contribution in [0.4, 0.5) is 0 Å². The van der Waals surface area contributed by atoms with Crippen LogP contribution in [0.25, 0.3) is 0 Å². The Morgan fingerprint density at radius 1 is 0.897 bits per heavy atom. The lowest BCUT2D eigenvalue weighted by Gasteiger charge is -2.13. The van der Waals surface area contributed by atoms with E-state index in [2.05, 4.69) is 20.1 Å². The maximum atomic E-state index is 12.2. The lowest BCUT2D eigenvalue weighted by atomic mass is 10.1. The van der Waals surface area contributed by atoms with E-state index in [1.54, 1.807) is 6.92 Å². The molecule has 0 rings (SSSR count). The molecule has 0 heterocycles. The fourth-order valence-electron chi connectivity index (χ4n) is 2.32. The maximum Gasteiger partial charge on any atom is 0.338 e. The predicted octanol–water partition coefficient (Wildman–Crippen LogP) is 5.73. The van der Waals surface area contributed by atoms with Crippen LogP contribution in [0.1, 0.15) is 85.0 Å². The Labute approximate surface area is 175 Å². The third-order valence-corrected chi connectivity index (χ3v) is 4.18. The number of carboxylic acid groups (broad SMARTS) is 1. The number of unbranched alkanes of at least 4 members (excludes halogenated alkanes) is 6. The van der Waals surface area contributed by atoms with Gasteiger partial charge in [-0.1, -0.05) is 65.5 Å². The summed E-state index contributed by atoms with van der Waals surface area (Å²) in [4.78, 5) is 33.1. The number of rotatable bonds is 14. The van der Waals surface area contributed by atoms with E-state index < -0.39 is 17.9 Å². The van der Waals surface area contributed by atoms with Crippen molar-refractivity contribution in [2.24, 2.45) is 0 Å². The van der Waals surface area contributed by atoms with Crippen LogP contribution in [0.2, 0.25) is 0 Å². The Kier molecular flexibility index (Phi) is 18.9. The van der Waals surface area contributed by atoms with Crippen molar-refractivity contribution in [2.75, 3.05) is 7.11 Å². The zero-order valence-electron chi connectivity index (χ0n) is 18.6. The van der Waals surface area contributed by atoms with Gasteiger partial charge in [-0.2, -0.15) is 0 Å². The van der Waals surface area contributed by atoms with Gasteiger partial charge in [-0.25, -0.2) is 14.4 Å². The average Bonchev–Trinajstić information content (AvgIpc) is 2.72. The van der Waals surface area contributed by atoms with Crippen LogP contribution >= 0.6 is 0 Å². The highest BCUT2D eigenvalue weighted by molar-refractivity contribution is 5.91. The molecule has 0 amide bonds. The third kappa shape index (κ3) is 16.3. The van der Waals surface area contributed by atoms with Crippen molar-refractivity contribution in [1.82, 2.24) is 0 Å². The standard InChI is InChI=1S/C20H34O4.C3H4O2/c1-6-8-10-11-12-13-14-16(3)19(21)24-18(15-9-7-2)17(4)20(22)23-5;1-2-3(4)5/h3,6-15H2,1-2,4-5H3;2H,1H2,(H,4,5). The molecule has 0 bridgehead atoms. The summed E-state index contributed by atoms with van der Waals surface area (Å²) < 4.78 is 10.2. The number of esters is 2. The molecule has 166 valence electrons. The van der Waals surface area contributed by atoms with Crippen molar-refractivity contribution < 1.29 is 29.0 Å². The summed E-state index contributed by atoms with van der Waals surface area (Å²) in [5, 5.41) is 7.60. The molecule has 6 nitrogen and oxygen atoms in total. The Balaban J connectivity index is 0. The molecular weight excluding hydrogens is 372 g/mol. The number of allylic oxidation sites excluding steroid dienone is 1. The van der Waals surface area contributed by atoms with Crippen LogP contribution < -0.4 is 0 Å². The van der Waals surface area contributed by atoms with Gasteiger partial charge in [0.25, 0.3) is 0 Å². The van der Waals surface area contributed by atoms with Gasteiger partial charge in [0.2, 0.25) is 0 Å². The predicted molar refractivity (Wildman–Crippen MR) is 115 cm³/mol. The molecule has 0 saturated heterocycles. The molecular formula is C23H38O6. The largest absolute Gasteiger partial charge is 0.478 e. The van der Waals surface area contributed by atoms with Crippen molar-refractivity contribution in [3.8, 4) is 0 Å². The van der Waals surface area contributed by atoms with Crippen molar-refractivity contribution in [2.45, 2.75) is 85.0 Å². The zero-order valence-corrected chi connectivity index (χ0v) is 18.6. The summed E-state index contributed by atoms with van der Waals surface area (Å²) in [5.41, 5.74) is 0.823. The van der Waals surface area contributed by atoms with Gasteiger partial charge >= 0.3 is 17.9 Å². The number of methoxy groups -OCH3 is 1. The molecule has 1 N–H and O–H groups in total. The number of carbonyl (C=O) groups excluding carboxylic acids is 2. The van der Waals surface area contributed by atoms with Crippen molar-refractivity contribution >= 4 is 17.9 Å².